The molecule has 1 heterocycles. The van der Waals surface area contributed by atoms with Crippen LogP contribution in [0.2, 0.25) is 5.02 Å². The van der Waals surface area contributed by atoms with Crippen molar-refractivity contribution >= 4 is 38.9 Å². The minimum atomic E-state index is -0.372. The highest BCUT2D eigenvalue weighted by atomic mass is 79.9. The van der Waals surface area contributed by atoms with E-state index in [0.29, 0.717) is 10.6 Å². The van der Waals surface area contributed by atoms with Crippen LogP contribution in [0.5, 0.6) is 0 Å². The summed E-state index contributed by atoms with van der Waals surface area (Å²) in [5.74, 6) is 5.12. The lowest BCUT2D eigenvalue weighted by Crippen LogP contribution is -2.28. The second kappa shape index (κ2) is 5.46. The van der Waals surface area contributed by atoms with E-state index in [0.717, 1.165) is 9.35 Å². The Morgan fingerprint density at radius 3 is 2.71 bits per heavy atom. The number of benzene rings is 1. The molecule has 0 fully saturated rings. The second-order valence-electron chi connectivity index (χ2n) is 3.43. The molecule has 1 aromatic carbocycles. The van der Waals surface area contributed by atoms with Crippen LogP contribution in [0.15, 0.2) is 34.1 Å². The van der Waals surface area contributed by atoms with Crippen LogP contribution in [-0.4, -0.2) is 0 Å². The van der Waals surface area contributed by atoms with Gasteiger partial charge in [-0.2, -0.15) is 0 Å². The van der Waals surface area contributed by atoms with Gasteiger partial charge in [0.1, 0.15) is 5.82 Å². The molecule has 6 heteroatoms. The fourth-order valence-electron chi connectivity index (χ4n) is 1.54. The number of hydrazine groups is 1. The lowest BCUT2D eigenvalue weighted by Gasteiger charge is -2.15. The van der Waals surface area contributed by atoms with Crippen LogP contribution in [-0.2, 0) is 0 Å². The molecule has 1 aromatic heterocycles. The maximum atomic E-state index is 13.8. The number of thiophene rings is 1. The summed E-state index contributed by atoms with van der Waals surface area (Å²) in [4.78, 5) is 0.931. The first-order valence-corrected chi connectivity index (χ1v) is 6.82. The van der Waals surface area contributed by atoms with Crippen molar-refractivity contribution in [3.63, 3.8) is 0 Å². The van der Waals surface area contributed by atoms with Gasteiger partial charge in [-0.1, -0.05) is 17.7 Å². The van der Waals surface area contributed by atoms with Crippen molar-refractivity contribution in [3.05, 3.63) is 55.4 Å². The molecular formula is C11H9BrClFN2S. The second-order valence-corrected chi connectivity index (χ2v) is 5.73. The highest BCUT2D eigenvalue weighted by Gasteiger charge is 2.18. The molecule has 0 saturated heterocycles. The molecule has 0 aliphatic heterocycles. The van der Waals surface area contributed by atoms with Gasteiger partial charge in [-0.05, 0) is 34.1 Å². The van der Waals surface area contributed by atoms with E-state index in [1.54, 1.807) is 12.1 Å². The molecule has 1 unspecified atom stereocenters. The monoisotopic (exact) mass is 334 g/mol. The first-order chi connectivity index (χ1) is 8.11. The summed E-state index contributed by atoms with van der Waals surface area (Å²) in [6.07, 6.45) is 0. The molecule has 2 aromatic rings. The first kappa shape index (κ1) is 13.0. The van der Waals surface area contributed by atoms with E-state index in [-0.39, 0.29) is 11.9 Å². The van der Waals surface area contributed by atoms with Crippen LogP contribution < -0.4 is 11.3 Å². The summed E-state index contributed by atoms with van der Waals surface area (Å²) >= 11 is 10.6. The average molecular weight is 336 g/mol. The van der Waals surface area contributed by atoms with Crippen LogP contribution in [0.3, 0.4) is 0 Å². The lowest BCUT2D eigenvalue weighted by atomic mass is 10.1. The normalized spacial score (nSPS) is 12.7. The largest absolute Gasteiger partial charge is 0.271 e. The number of rotatable bonds is 3. The highest BCUT2D eigenvalue weighted by Crippen LogP contribution is 2.31. The summed E-state index contributed by atoms with van der Waals surface area (Å²) < 4.78 is 14.7. The maximum Gasteiger partial charge on any atom is 0.129 e. The summed E-state index contributed by atoms with van der Waals surface area (Å²) in [6.45, 7) is 0. The van der Waals surface area contributed by atoms with E-state index < -0.39 is 0 Å². The first-order valence-electron chi connectivity index (χ1n) is 4.77. The molecule has 17 heavy (non-hydrogen) atoms. The van der Waals surface area contributed by atoms with Gasteiger partial charge in [0.05, 0.1) is 6.04 Å². The van der Waals surface area contributed by atoms with E-state index in [9.17, 15) is 4.39 Å². The molecule has 0 radical (unpaired) electrons. The summed E-state index contributed by atoms with van der Waals surface area (Å²) in [7, 11) is 0. The number of hydrogen-bond donors (Lipinski definition) is 2. The van der Waals surface area contributed by atoms with Gasteiger partial charge in [0.25, 0.3) is 0 Å². The predicted molar refractivity (Wildman–Crippen MR) is 72.6 cm³/mol. The minimum absolute atomic E-state index is 0.370. The molecule has 3 N–H and O–H groups in total. The van der Waals surface area contributed by atoms with Gasteiger partial charge < -0.3 is 0 Å². The van der Waals surface area contributed by atoms with E-state index in [1.165, 1.54) is 17.4 Å². The van der Waals surface area contributed by atoms with Gasteiger partial charge in [-0.3, -0.25) is 5.84 Å². The summed E-state index contributed by atoms with van der Waals surface area (Å²) in [5.41, 5.74) is 3.09. The van der Waals surface area contributed by atoms with Crippen LogP contribution in [0.4, 0.5) is 4.39 Å². The van der Waals surface area contributed by atoms with Crippen molar-refractivity contribution in [3.8, 4) is 0 Å². The Morgan fingerprint density at radius 2 is 2.18 bits per heavy atom. The molecule has 0 aliphatic rings. The number of halogens is 3. The maximum absolute atomic E-state index is 13.8. The molecule has 0 spiro atoms. The molecule has 2 rings (SSSR count). The number of hydrogen-bond acceptors (Lipinski definition) is 3. The van der Waals surface area contributed by atoms with Crippen molar-refractivity contribution in [1.29, 1.82) is 0 Å². The quantitative estimate of drug-likeness (QED) is 0.660. The van der Waals surface area contributed by atoms with E-state index >= 15 is 0 Å². The Balaban J connectivity index is 2.42. The Morgan fingerprint density at radius 1 is 1.41 bits per heavy atom. The summed E-state index contributed by atoms with van der Waals surface area (Å²) in [6, 6.07) is 6.10. The van der Waals surface area contributed by atoms with Crippen molar-refractivity contribution in [2.24, 2.45) is 5.84 Å². The minimum Gasteiger partial charge on any atom is -0.271 e. The number of nitrogens with two attached hydrogens (primary N) is 1. The fraction of sp³-hybridized carbons (Fsp3) is 0.0909. The van der Waals surface area contributed by atoms with Gasteiger partial charge >= 0.3 is 0 Å². The van der Waals surface area contributed by atoms with Crippen LogP contribution in [0.1, 0.15) is 16.5 Å². The van der Waals surface area contributed by atoms with Crippen molar-refractivity contribution in [2.75, 3.05) is 0 Å². The van der Waals surface area contributed by atoms with Gasteiger partial charge in [-0.25, -0.2) is 9.82 Å². The molecule has 2 nitrogen and oxygen atoms in total. The molecule has 90 valence electrons. The van der Waals surface area contributed by atoms with Gasteiger partial charge in [0.15, 0.2) is 0 Å². The molecular weight excluding hydrogens is 327 g/mol. The zero-order valence-electron chi connectivity index (χ0n) is 8.58. The predicted octanol–water partition coefficient (Wildman–Crippen LogP) is 3.86. The van der Waals surface area contributed by atoms with E-state index in [1.807, 2.05) is 11.4 Å². The summed E-state index contributed by atoms with van der Waals surface area (Å²) in [5, 5.41) is 2.29. The van der Waals surface area contributed by atoms with Crippen LogP contribution in [0, 0.1) is 5.82 Å². The Hall–Kier alpha value is -0.460. The van der Waals surface area contributed by atoms with Gasteiger partial charge in [0, 0.05) is 25.3 Å². The smallest absolute Gasteiger partial charge is 0.129 e. The molecule has 0 bridgehead atoms. The van der Waals surface area contributed by atoms with Crippen LogP contribution >= 0.6 is 38.9 Å². The van der Waals surface area contributed by atoms with Crippen molar-refractivity contribution < 1.29 is 4.39 Å². The van der Waals surface area contributed by atoms with Crippen molar-refractivity contribution in [2.45, 2.75) is 6.04 Å². The highest BCUT2D eigenvalue weighted by molar-refractivity contribution is 9.10. The fourth-order valence-corrected chi connectivity index (χ4v) is 3.22. The third kappa shape index (κ3) is 2.86. The third-order valence-corrected chi connectivity index (χ3v) is 4.31. The van der Waals surface area contributed by atoms with Crippen molar-refractivity contribution in [1.82, 2.24) is 5.43 Å². The van der Waals surface area contributed by atoms with Gasteiger partial charge in [0.2, 0.25) is 0 Å². The Bertz CT molecular complexity index is 532. The lowest BCUT2D eigenvalue weighted by molar-refractivity contribution is 0.564. The third-order valence-electron chi connectivity index (χ3n) is 2.31. The molecule has 1 atom stereocenters. The van der Waals surface area contributed by atoms with E-state index in [4.69, 9.17) is 17.4 Å². The van der Waals surface area contributed by atoms with Crippen LogP contribution in [0.25, 0.3) is 0 Å². The Kier molecular flexibility index (Phi) is 4.17. The SMILES string of the molecule is NNC(c1cc(Br)cs1)c1ccc(Cl)cc1F. The zero-order chi connectivity index (χ0) is 12.4. The topological polar surface area (TPSA) is 38.0 Å². The molecule has 0 aliphatic carbocycles. The zero-order valence-corrected chi connectivity index (χ0v) is 11.7. The van der Waals surface area contributed by atoms with E-state index in [2.05, 4.69) is 21.4 Å². The molecule has 0 saturated carbocycles. The standard InChI is InChI=1S/C11H9BrClFN2S/c12-6-3-10(17-5-6)11(16-15)8-2-1-7(13)4-9(8)14/h1-5,11,16H,15H2. The van der Waals surface area contributed by atoms with Gasteiger partial charge in [-0.15, -0.1) is 11.3 Å². The number of nitrogens with one attached hydrogen (secondary N) is 1. The Labute approximate surface area is 116 Å². The average Bonchev–Trinajstić information content (AvgIpc) is 2.69. The molecule has 0 amide bonds.